The van der Waals surface area contributed by atoms with Crippen molar-refractivity contribution in [1.29, 1.82) is 0 Å². The lowest BCUT2D eigenvalue weighted by molar-refractivity contribution is -0.143. The van der Waals surface area contributed by atoms with Crippen molar-refractivity contribution in [3.05, 3.63) is 23.3 Å². The van der Waals surface area contributed by atoms with E-state index in [9.17, 15) is 9.90 Å². The van der Waals surface area contributed by atoms with Crippen LogP contribution in [-0.4, -0.2) is 50.3 Å². The number of hydrogen-bond acceptors (Lipinski definition) is 5. The molecule has 6 heteroatoms. The first-order chi connectivity index (χ1) is 13.5. The van der Waals surface area contributed by atoms with Gasteiger partial charge in [0.2, 0.25) is 0 Å². The molecule has 1 aliphatic carbocycles. The smallest absolute Gasteiger partial charge is 0.306 e. The van der Waals surface area contributed by atoms with E-state index in [2.05, 4.69) is 11.1 Å². The fraction of sp³-hybridized carbons (Fsp3) is 0.636. The van der Waals surface area contributed by atoms with Crippen LogP contribution in [-0.2, 0) is 21.4 Å². The predicted molar refractivity (Wildman–Crippen MR) is 106 cm³/mol. The Bertz CT molecular complexity index is 773. The average Bonchev–Trinajstić information content (AvgIpc) is 3.06. The molecule has 3 aliphatic rings. The number of carboxylic acids is 1. The van der Waals surface area contributed by atoms with Crippen LogP contribution in [0.4, 0.5) is 0 Å². The standard InChI is InChI=1S/C22H29NO5/c1-23-14-21(7-5-15(6-8-21)20(24)25)17-3-4-18(26-2)19-16(17)13-22(28-19)9-11-27-12-10-22/h3-4,14-15H,5-13H2,1-2H3,(H,24,25). The number of methoxy groups -OCH3 is 1. The van der Waals surface area contributed by atoms with Gasteiger partial charge < -0.3 is 19.3 Å². The van der Waals surface area contributed by atoms with Crippen LogP contribution in [0.1, 0.15) is 49.7 Å². The number of ether oxygens (including phenoxy) is 3. The van der Waals surface area contributed by atoms with Crippen LogP contribution in [0.25, 0.3) is 0 Å². The molecule has 0 unspecified atom stereocenters. The van der Waals surface area contributed by atoms with Gasteiger partial charge in [0.1, 0.15) is 5.60 Å². The first-order valence-electron chi connectivity index (χ1n) is 10.2. The number of aliphatic carboxylic acids is 1. The number of nitrogens with zero attached hydrogens (tertiary/aromatic N) is 1. The molecule has 6 nitrogen and oxygen atoms in total. The predicted octanol–water partition coefficient (Wildman–Crippen LogP) is 3.39. The number of fused-ring (bicyclic) bond motifs is 1. The molecule has 2 fully saturated rings. The van der Waals surface area contributed by atoms with Crippen molar-refractivity contribution in [1.82, 2.24) is 0 Å². The molecular weight excluding hydrogens is 358 g/mol. The number of benzene rings is 1. The number of rotatable bonds is 4. The van der Waals surface area contributed by atoms with E-state index in [4.69, 9.17) is 14.2 Å². The second-order valence-electron chi connectivity index (χ2n) is 8.35. The summed E-state index contributed by atoms with van der Waals surface area (Å²) in [6, 6.07) is 4.13. The Morgan fingerprint density at radius 2 is 1.96 bits per heavy atom. The number of hydrogen-bond donors (Lipinski definition) is 1. The minimum atomic E-state index is -0.688. The van der Waals surface area contributed by atoms with E-state index in [0.717, 1.165) is 43.6 Å². The molecule has 1 aromatic rings. The maximum absolute atomic E-state index is 11.5. The quantitative estimate of drug-likeness (QED) is 0.802. The Morgan fingerprint density at radius 3 is 2.57 bits per heavy atom. The zero-order valence-corrected chi connectivity index (χ0v) is 16.7. The maximum Gasteiger partial charge on any atom is 0.306 e. The molecule has 1 saturated carbocycles. The lowest BCUT2D eigenvalue weighted by Gasteiger charge is -2.38. The molecule has 4 rings (SSSR count). The molecule has 0 amide bonds. The van der Waals surface area contributed by atoms with E-state index in [1.807, 2.05) is 12.3 Å². The fourth-order valence-electron chi connectivity index (χ4n) is 5.21. The van der Waals surface area contributed by atoms with Crippen LogP contribution in [0.3, 0.4) is 0 Å². The number of aliphatic imine (C=N–C) groups is 1. The summed E-state index contributed by atoms with van der Waals surface area (Å²) in [6.07, 6.45) is 7.54. The van der Waals surface area contributed by atoms with E-state index in [-0.39, 0.29) is 16.9 Å². The zero-order chi connectivity index (χ0) is 19.8. The molecule has 2 heterocycles. The van der Waals surface area contributed by atoms with Crippen molar-refractivity contribution in [2.45, 2.75) is 56.0 Å². The van der Waals surface area contributed by atoms with Gasteiger partial charge in [0.25, 0.3) is 0 Å². The van der Waals surface area contributed by atoms with Crippen molar-refractivity contribution in [3.63, 3.8) is 0 Å². The molecule has 28 heavy (non-hydrogen) atoms. The molecule has 152 valence electrons. The third-order valence-corrected chi connectivity index (χ3v) is 6.81. The Morgan fingerprint density at radius 1 is 1.25 bits per heavy atom. The molecule has 1 aromatic carbocycles. The third-order valence-electron chi connectivity index (χ3n) is 6.81. The summed E-state index contributed by atoms with van der Waals surface area (Å²) in [4.78, 5) is 15.8. The summed E-state index contributed by atoms with van der Waals surface area (Å²) in [5.41, 5.74) is 1.97. The highest BCUT2D eigenvalue weighted by molar-refractivity contribution is 5.77. The van der Waals surface area contributed by atoms with E-state index in [1.165, 1.54) is 11.1 Å². The number of carboxylic acid groups (broad SMARTS) is 1. The van der Waals surface area contributed by atoms with Crippen LogP contribution >= 0.6 is 0 Å². The fourth-order valence-corrected chi connectivity index (χ4v) is 5.21. The van der Waals surface area contributed by atoms with E-state index < -0.39 is 5.97 Å². The zero-order valence-electron chi connectivity index (χ0n) is 16.7. The monoisotopic (exact) mass is 387 g/mol. The van der Waals surface area contributed by atoms with Crippen molar-refractivity contribution in [2.75, 3.05) is 27.4 Å². The SMILES string of the molecule is CN=CC1(c2ccc(OC)c3c2CC2(CCOCC2)O3)CCC(C(=O)O)CC1. The van der Waals surface area contributed by atoms with Crippen molar-refractivity contribution in [3.8, 4) is 11.5 Å². The second-order valence-corrected chi connectivity index (χ2v) is 8.35. The first kappa shape index (κ1) is 19.2. The van der Waals surface area contributed by atoms with Crippen molar-refractivity contribution in [2.24, 2.45) is 10.9 Å². The van der Waals surface area contributed by atoms with Crippen LogP contribution in [0.5, 0.6) is 11.5 Å². The Hall–Kier alpha value is -2.08. The van der Waals surface area contributed by atoms with E-state index in [1.54, 1.807) is 14.2 Å². The summed E-state index contributed by atoms with van der Waals surface area (Å²) in [5, 5.41) is 9.42. The Kier molecular flexibility index (Phi) is 5.08. The van der Waals surface area contributed by atoms with E-state index in [0.29, 0.717) is 26.1 Å². The molecular formula is C22H29NO5. The third kappa shape index (κ3) is 3.17. The van der Waals surface area contributed by atoms with Crippen LogP contribution < -0.4 is 9.47 Å². The van der Waals surface area contributed by atoms with Crippen LogP contribution in [0, 0.1) is 5.92 Å². The van der Waals surface area contributed by atoms with Gasteiger partial charge in [0.15, 0.2) is 11.5 Å². The molecule has 1 N–H and O–H groups in total. The molecule has 1 saturated heterocycles. The minimum absolute atomic E-state index is 0.215. The van der Waals surface area contributed by atoms with Crippen LogP contribution in [0.2, 0.25) is 0 Å². The normalized spacial score (nSPS) is 28.9. The molecule has 0 atom stereocenters. The molecule has 0 aromatic heterocycles. The summed E-state index contributed by atoms with van der Waals surface area (Å²) in [7, 11) is 3.47. The highest BCUT2D eigenvalue weighted by atomic mass is 16.5. The van der Waals surface area contributed by atoms with E-state index >= 15 is 0 Å². The number of carbonyl (C=O) groups is 1. The van der Waals surface area contributed by atoms with Gasteiger partial charge >= 0.3 is 5.97 Å². The van der Waals surface area contributed by atoms with Crippen molar-refractivity contribution >= 4 is 12.2 Å². The van der Waals surface area contributed by atoms with Gasteiger partial charge in [-0.3, -0.25) is 9.79 Å². The van der Waals surface area contributed by atoms with Gasteiger partial charge in [-0.25, -0.2) is 0 Å². The topological polar surface area (TPSA) is 77.3 Å². The molecule has 0 radical (unpaired) electrons. The highest BCUT2D eigenvalue weighted by Gasteiger charge is 2.47. The highest BCUT2D eigenvalue weighted by Crippen LogP contribution is 2.52. The minimum Gasteiger partial charge on any atom is -0.493 e. The summed E-state index contributed by atoms with van der Waals surface area (Å²) < 4.78 is 17.7. The van der Waals surface area contributed by atoms with Crippen molar-refractivity contribution < 1.29 is 24.1 Å². The van der Waals surface area contributed by atoms with Gasteiger partial charge in [-0.1, -0.05) is 6.07 Å². The van der Waals surface area contributed by atoms with Gasteiger partial charge in [0, 0.05) is 43.5 Å². The largest absolute Gasteiger partial charge is 0.493 e. The average molecular weight is 387 g/mol. The summed E-state index contributed by atoms with van der Waals surface area (Å²) in [6.45, 7) is 1.43. The molecule has 1 spiro atoms. The second kappa shape index (κ2) is 7.39. The van der Waals surface area contributed by atoms with Gasteiger partial charge in [0.05, 0.1) is 26.2 Å². The summed E-state index contributed by atoms with van der Waals surface area (Å²) in [5.74, 6) is 0.672. The lowest BCUT2D eigenvalue weighted by atomic mass is 9.65. The molecule has 0 bridgehead atoms. The van der Waals surface area contributed by atoms with Gasteiger partial charge in [-0.15, -0.1) is 0 Å². The Labute approximate surface area is 165 Å². The molecule has 2 aliphatic heterocycles. The Balaban J connectivity index is 1.74. The lowest BCUT2D eigenvalue weighted by Crippen LogP contribution is -2.41. The van der Waals surface area contributed by atoms with Gasteiger partial charge in [-0.2, -0.15) is 0 Å². The first-order valence-corrected chi connectivity index (χ1v) is 10.2. The summed E-state index contributed by atoms with van der Waals surface area (Å²) >= 11 is 0. The van der Waals surface area contributed by atoms with Crippen LogP contribution in [0.15, 0.2) is 17.1 Å². The maximum atomic E-state index is 11.5. The van der Waals surface area contributed by atoms with Gasteiger partial charge in [-0.05, 0) is 37.3 Å².